The Hall–Kier alpha value is -0.810. The van der Waals surface area contributed by atoms with Crippen LogP contribution in [0.5, 0.6) is 0 Å². The number of benzene rings is 1. The molecule has 3 unspecified atom stereocenters. The van der Waals surface area contributed by atoms with Gasteiger partial charge in [-0.3, -0.25) is 9.69 Å². The van der Waals surface area contributed by atoms with Gasteiger partial charge in [-0.1, -0.05) is 30.3 Å². The van der Waals surface area contributed by atoms with E-state index in [-0.39, 0.29) is 30.7 Å². The number of rotatable bonds is 7. The van der Waals surface area contributed by atoms with Gasteiger partial charge < -0.3 is 10.6 Å². The van der Waals surface area contributed by atoms with Crippen LogP contribution < -0.4 is 10.6 Å². The molecule has 2 aliphatic heterocycles. The molecular formula is C20H33Cl2N3O. The quantitative estimate of drug-likeness (QED) is 0.735. The third-order valence-corrected chi connectivity index (χ3v) is 5.67. The lowest BCUT2D eigenvalue weighted by molar-refractivity contribution is -0.122. The monoisotopic (exact) mass is 401 g/mol. The molecule has 2 aliphatic rings. The Kier molecular flexibility index (Phi) is 9.94. The summed E-state index contributed by atoms with van der Waals surface area (Å²) in [4.78, 5) is 14.6. The summed E-state index contributed by atoms with van der Waals surface area (Å²) in [6.07, 6.45) is 5.64. The summed E-state index contributed by atoms with van der Waals surface area (Å²) in [7, 11) is 2.12. The first-order valence-corrected chi connectivity index (χ1v) is 9.37. The van der Waals surface area contributed by atoms with E-state index in [0.29, 0.717) is 30.5 Å². The van der Waals surface area contributed by atoms with Crippen LogP contribution >= 0.6 is 24.8 Å². The first-order valence-electron chi connectivity index (χ1n) is 9.37. The lowest BCUT2D eigenvalue weighted by Crippen LogP contribution is -2.42. The third-order valence-electron chi connectivity index (χ3n) is 5.67. The molecule has 2 fully saturated rings. The SMILES string of the molecule is CC(CNC(=O)CC1CC2CCC(C1)N2)N(C)Cc1ccccc1.Cl.Cl. The van der Waals surface area contributed by atoms with Gasteiger partial charge in [0.15, 0.2) is 0 Å². The van der Waals surface area contributed by atoms with Crippen LogP contribution in [0, 0.1) is 5.92 Å². The molecule has 4 nitrogen and oxygen atoms in total. The van der Waals surface area contributed by atoms with Gasteiger partial charge in [-0.25, -0.2) is 0 Å². The van der Waals surface area contributed by atoms with Gasteiger partial charge in [-0.2, -0.15) is 0 Å². The van der Waals surface area contributed by atoms with E-state index >= 15 is 0 Å². The predicted molar refractivity (Wildman–Crippen MR) is 112 cm³/mol. The highest BCUT2D eigenvalue weighted by atomic mass is 35.5. The summed E-state index contributed by atoms with van der Waals surface area (Å²) in [6, 6.07) is 12.1. The van der Waals surface area contributed by atoms with Crippen molar-refractivity contribution >= 4 is 30.7 Å². The highest BCUT2D eigenvalue weighted by Gasteiger charge is 2.34. The lowest BCUT2D eigenvalue weighted by Gasteiger charge is -2.29. The fourth-order valence-electron chi connectivity index (χ4n) is 4.12. The molecule has 1 aromatic carbocycles. The molecule has 2 bridgehead atoms. The van der Waals surface area contributed by atoms with Gasteiger partial charge in [-0.05, 0) is 51.1 Å². The van der Waals surface area contributed by atoms with Crippen LogP contribution in [0.2, 0.25) is 0 Å². The zero-order valence-corrected chi connectivity index (χ0v) is 17.5. The van der Waals surface area contributed by atoms with Gasteiger partial charge in [0, 0.05) is 37.6 Å². The molecule has 1 amide bonds. The van der Waals surface area contributed by atoms with E-state index in [9.17, 15) is 4.79 Å². The maximum absolute atomic E-state index is 12.3. The average Bonchev–Trinajstić information content (AvgIpc) is 2.92. The molecule has 0 aromatic heterocycles. The topological polar surface area (TPSA) is 44.4 Å². The van der Waals surface area contributed by atoms with Crippen molar-refractivity contribution in [2.75, 3.05) is 13.6 Å². The van der Waals surface area contributed by atoms with Crippen LogP contribution in [0.3, 0.4) is 0 Å². The zero-order chi connectivity index (χ0) is 16.9. The van der Waals surface area contributed by atoms with E-state index in [0.717, 1.165) is 13.1 Å². The fraction of sp³-hybridized carbons (Fsp3) is 0.650. The molecule has 0 aliphatic carbocycles. The van der Waals surface area contributed by atoms with Gasteiger partial charge in [0.25, 0.3) is 0 Å². The summed E-state index contributed by atoms with van der Waals surface area (Å²) < 4.78 is 0. The van der Waals surface area contributed by atoms with Crippen molar-refractivity contribution in [3.63, 3.8) is 0 Å². The highest BCUT2D eigenvalue weighted by Crippen LogP contribution is 2.32. The third kappa shape index (κ3) is 6.73. The minimum atomic E-state index is 0. The second-order valence-electron chi connectivity index (χ2n) is 7.73. The summed E-state index contributed by atoms with van der Waals surface area (Å²) >= 11 is 0. The number of amides is 1. The summed E-state index contributed by atoms with van der Waals surface area (Å²) in [5, 5.41) is 6.79. The number of hydrogen-bond donors (Lipinski definition) is 2. The van der Waals surface area contributed by atoms with Crippen LogP contribution in [0.4, 0.5) is 0 Å². The number of nitrogens with one attached hydrogen (secondary N) is 2. The molecule has 1 aromatic rings. The van der Waals surface area contributed by atoms with E-state index in [1.165, 1.54) is 31.2 Å². The van der Waals surface area contributed by atoms with E-state index in [4.69, 9.17) is 0 Å². The summed E-state index contributed by atoms with van der Waals surface area (Å²) in [5.74, 6) is 0.794. The first kappa shape index (κ1) is 23.2. The van der Waals surface area contributed by atoms with Gasteiger partial charge in [-0.15, -0.1) is 24.8 Å². The van der Waals surface area contributed by atoms with Crippen molar-refractivity contribution in [2.45, 2.75) is 63.7 Å². The Morgan fingerprint density at radius 2 is 1.81 bits per heavy atom. The normalized spacial score (nSPS) is 25.1. The number of carbonyl (C=O) groups excluding carboxylic acids is 1. The van der Waals surface area contributed by atoms with Crippen molar-refractivity contribution in [2.24, 2.45) is 5.92 Å². The summed E-state index contributed by atoms with van der Waals surface area (Å²) in [6.45, 7) is 3.81. The maximum Gasteiger partial charge on any atom is 0.220 e. The Balaban J connectivity index is 0.00000169. The van der Waals surface area contributed by atoms with E-state index in [1.54, 1.807) is 0 Å². The van der Waals surface area contributed by atoms with Crippen molar-refractivity contribution in [1.29, 1.82) is 0 Å². The van der Waals surface area contributed by atoms with Crippen LogP contribution in [0.25, 0.3) is 0 Å². The molecule has 148 valence electrons. The molecule has 0 spiro atoms. The second-order valence-corrected chi connectivity index (χ2v) is 7.73. The number of nitrogens with zero attached hydrogens (tertiary/aromatic N) is 1. The van der Waals surface area contributed by atoms with Gasteiger partial charge >= 0.3 is 0 Å². The lowest BCUT2D eigenvalue weighted by atomic mass is 9.89. The Labute approximate surface area is 170 Å². The number of fused-ring (bicyclic) bond motifs is 2. The predicted octanol–water partition coefficient (Wildman–Crippen LogP) is 3.39. The number of hydrogen-bond acceptors (Lipinski definition) is 3. The minimum Gasteiger partial charge on any atom is -0.355 e. The first-order chi connectivity index (χ1) is 11.6. The van der Waals surface area contributed by atoms with Crippen molar-refractivity contribution < 1.29 is 4.79 Å². The Bertz CT molecular complexity index is 531. The van der Waals surface area contributed by atoms with Crippen molar-refractivity contribution in [3.05, 3.63) is 35.9 Å². The van der Waals surface area contributed by atoms with E-state index in [1.807, 2.05) is 6.07 Å². The standard InChI is InChI=1S/C20H31N3O.2ClH/c1-15(23(2)14-16-6-4-3-5-7-16)13-21-20(24)12-17-10-18-8-9-19(11-17)22-18;;/h3-7,15,17-19,22H,8-14H2,1-2H3,(H,21,24);2*1H. The highest BCUT2D eigenvalue weighted by molar-refractivity contribution is 5.85. The average molecular weight is 402 g/mol. The van der Waals surface area contributed by atoms with E-state index in [2.05, 4.69) is 53.8 Å². The largest absolute Gasteiger partial charge is 0.355 e. The maximum atomic E-state index is 12.3. The smallest absolute Gasteiger partial charge is 0.220 e. The fourth-order valence-corrected chi connectivity index (χ4v) is 4.12. The molecule has 6 heteroatoms. The molecule has 0 radical (unpaired) electrons. The van der Waals surface area contributed by atoms with Crippen molar-refractivity contribution in [1.82, 2.24) is 15.5 Å². The van der Waals surface area contributed by atoms with Gasteiger partial charge in [0.05, 0.1) is 0 Å². The molecule has 26 heavy (non-hydrogen) atoms. The zero-order valence-electron chi connectivity index (χ0n) is 15.8. The molecular weight excluding hydrogens is 369 g/mol. The Morgan fingerprint density at radius 3 is 2.42 bits per heavy atom. The number of piperidine rings is 1. The molecule has 3 rings (SSSR count). The van der Waals surface area contributed by atoms with Crippen molar-refractivity contribution in [3.8, 4) is 0 Å². The molecule has 3 atom stereocenters. The molecule has 2 heterocycles. The van der Waals surface area contributed by atoms with Crippen LogP contribution in [-0.4, -0.2) is 42.5 Å². The summed E-state index contributed by atoms with van der Waals surface area (Å²) in [5.41, 5.74) is 1.31. The number of halogens is 2. The molecule has 2 N–H and O–H groups in total. The number of carbonyl (C=O) groups is 1. The van der Waals surface area contributed by atoms with Crippen LogP contribution in [0.15, 0.2) is 30.3 Å². The van der Waals surface area contributed by atoms with E-state index < -0.39 is 0 Å². The molecule has 2 saturated heterocycles. The second kappa shape index (κ2) is 11.1. The van der Waals surface area contributed by atoms with Crippen LogP contribution in [-0.2, 0) is 11.3 Å². The van der Waals surface area contributed by atoms with Crippen LogP contribution in [0.1, 0.15) is 44.6 Å². The van der Waals surface area contributed by atoms with Gasteiger partial charge in [0.1, 0.15) is 0 Å². The Morgan fingerprint density at radius 1 is 1.19 bits per heavy atom. The van der Waals surface area contributed by atoms with Gasteiger partial charge in [0.2, 0.25) is 5.91 Å². The minimum absolute atomic E-state index is 0. The number of likely N-dealkylation sites (N-methyl/N-ethyl adjacent to an activating group) is 1. The molecule has 0 saturated carbocycles.